The van der Waals surface area contributed by atoms with Crippen LogP contribution in [0.2, 0.25) is 0 Å². The standard InChI is InChI=1S/C14H20N2O3/c15-12-7-2-6-11(13(12)18)14(19)16(8-3-9-17)10-4-1-5-10/h2,6-7,10,17-18H,1,3-5,8-9,15H2. The third kappa shape index (κ3) is 2.81. The highest BCUT2D eigenvalue weighted by Crippen LogP contribution is 2.30. The topological polar surface area (TPSA) is 86.8 Å². The van der Waals surface area contributed by atoms with Crippen LogP contribution in [0.5, 0.6) is 5.75 Å². The number of para-hydroxylation sites is 1. The van der Waals surface area contributed by atoms with E-state index in [0.717, 1.165) is 19.3 Å². The van der Waals surface area contributed by atoms with Gasteiger partial charge in [-0.1, -0.05) is 6.07 Å². The molecule has 0 radical (unpaired) electrons. The second kappa shape index (κ2) is 5.93. The number of aliphatic hydroxyl groups excluding tert-OH is 1. The van der Waals surface area contributed by atoms with E-state index in [1.54, 1.807) is 23.1 Å². The Morgan fingerprint density at radius 1 is 1.42 bits per heavy atom. The molecule has 0 saturated heterocycles. The van der Waals surface area contributed by atoms with Gasteiger partial charge in [0.1, 0.15) is 0 Å². The van der Waals surface area contributed by atoms with E-state index in [0.29, 0.717) is 13.0 Å². The monoisotopic (exact) mass is 264 g/mol. The van der Waals surface area contributed by atoms with Gasteiger partial charge in [0.15, 0.2) is 5.75 Å². The van der Waals surface area contributed by atoms with Gasteiger partial charge in [0.05, 0.1) is 11.3 Å². The maximum absolute atomic E-state index is 12.5. The lowest BCUT2D eigenvalue weighted by Gasteiger charge is -2.37. The van der Waals surface area contributed by atoms with E-state index in [2.05, 4.69) is 0 Å². The molecule has 104 valence electrons. The molecule has 4 N–H and O–H groups in total. The average molecular weight is 264 g/mol. The van der Waals surface area contributed by atoms with Crippen LogP contribution in [-0.4, -0.2) is 40.2 Å². The molecule has 0 heterocycles. The van der Waals surface area contributed by atoms with Crippen molar-refractivity contribution in [3.8, 4) is 5.75 Å². The van der Waals surface area contributed by atoms with Crippen molar-refractivity contribution in [3.05, 3.63) is 23.8 Å². The Morgan fingerprint density at radius 2 is 2.16 bits per heavy atom. The van der Waals surface area contributed by atoms with Crippen LogP contribution < -0.4 is 5.73 Å². The smallest absolute Gasteiger partial charge is 0.257 e. The van der Waals surface area contributed by atoms with Crippen LogP contribution in [-0.2, 0) is 0 Å². The van der Waals surface area contributed by atoms with Gasteiger partial charge in [0.25, 0.3) is 5.91 Å². The Labute approximate surface area is 112 Å². The molecule has 2 rings (SSSR count). The summed E-state index contributed by atoms with van der Waals surface area (Å²) in [6.45, 7) is 0.563. The highest BCUT2D eigenvalue weighted by Gasteiger charge is 2.30. The number of hydrogen-bond donors (Lipinski definition) is 3. The van der Waals surface area contributed by atoms with E-state index < -0.39 is 0 Å². The van der Waals surface area contributed by atoms with Gasteiger partial charge < -0.3 is 20.8 Å². The van der Waals surface area contributed by atoms with Crippen LogP contribution in [0.25, 0.3) is 0 Å². The van der Waals surface area contributed by atoms with Gasteiger partial charge in [-0.2, -0.15) is 0 Å². The van der Waals surface area contributed by atoms with E-state index >= 15 is 0 Å². The van der Waals surface area contributed by atoms with Gasteiger partial charge in [-0.3, -0.25) is 4.79 Å². The van der Waals surface area contributed by atoms with Crippen molar-refractivity contribution in [1.82, 2.24) is 4.90 Å². The number of nitrogens with zero attached hydrogens (tertiary/aromatic N) is 1. The molecule has 1 aliphatic carbocycles. The molecule has 5 heteroatoms. The maximum atomic E-state index is 12.5. The minimum atomic E-state index is -0.206. The zero-order valence-electron chi connectivity index (χ0n) is 10.9. The summed E-state index contributed by atoms with van der Waals surface area (Å²) in [6, 6.07) is 5.03. The molecule has 1 fully saturated rings. The number of aromatic hydroxyl groups is 1. The Morgan fingerprint density at radius 3 is 2.74 bits per heavy atom. The summed E-state index contributed by atoms with van der Waals surface area (Å²) in [5, 5.41) is 18.8. The summed E-state index contributed by atoms with van der Waals surface area (Å²) in [5.74, 6) is -0.358. The first-order chi connectivity index (χ1) is 9.15. The van der Waals surface area contributed by atoms with E-state index in [1.165, 1.54) is 0 Å². The van der Waals surface area contributed by atoms with Crippen LogP contribution in [0.3, 0.4) is 0 Å². The van der Waals surface area contributed by atoms with Gasteiger partial charge in [-0.25, -0.2) is 0 Å². The number of anilines is 1. The third-order valence-corrected chi connectivity index (χ3v) is 3.63. The average Bonchev–Trinajstić information content (AvgIpc) is 2.34. The predicted molar refractivity (Wildman–Crippen MR) is 72.9 cm³/mol. The number of rotatable bonds is 5. The van der Waals surface area contributed by atoms with Gasteiger partial charge in [0.2, 0.25) is 0 Å². The van der Waals surface area contributed by atoms with Crippen molar-refractivity contribution < 1.29 is 15.0 Å². The van der Waals surface area contributed by atoms with Gasteiger partial charge in [-0.05, 0) is 37.8 Å². The highest BCUT2D eigenvalue weighted by atomic mass is 16.3. The number of nitrogens with two attached hydrogens (primary N) is 1. The Hall–Kier alpha value is -1.75. The third-order valence-electron chi connectivity index (χ3n) is 3.63. The second-order valence-corrected chi connectivity index (χ2v) is 4.90. The fourth-order valence-electron chi connectivity index (χ4n) is 2.28. The number of phenolic OH excluding ortho intramolecular Hbond substituents is 1. The maximum Gasteiger partial charge on any atom is 0.257 e. The van der Waals surface area contributed by atoms with Crippen LogP contribution in [0.4, 0.5) is 5.69 Å². The predicted octanol–water partition coefficient (Wildman–Crippen LogP) is 1.35. The van der Waals surface area contributed by atoms with Crippen molar-refractivity contribution in [2.24, 2.45) is 0 Å². The lowest BCUT2D eigenvalue weighted by Crippen LogP contribution is -2.45. The van der Waals surface area contributed by atoms with Gasteiger partial charge in [0, 0.05) is 19.2 Å². The molecule has 1 aliphatic rings. The van der Waals surface area contributed by atoms with Crippen LogP contribution in [0.1, 0.15) is 36.0 Å². The van der Waals surface area contributed by atoms with E-state index in [-0.39, 0.29) is 35.6 Å². The minimum Gasteiger partial charge on any atom is -0.505 e. The summed E-state index contributed by atoms with van der Waals surface area (Å²) in [5.41, 5.74) is 6.07. The minimum absolute atomic E-state index is 0.0550. The summed E-state index contributed by atoms with van der Waals surface area (Å²) < 4.78 is 0. The SMILES string of the molecule is Nc1cccc(C(=O)N(CCCO)C2CCC2)c1O. The highest BCUT2D eigenvalue weighted by molar-refractivity contribution is 5.98. The van der Waals surface area contributed by atoms with E-state index in [9.17, 15) is 9.90 Å². The summed E-state index contributed by atoms with van der Waals surface area (Å²) in [6.07, 6.45) is 3.64. The zero-order valence-corrected chi connectivity index (χ0v) is 10.9. The van der Waals surface area contributed by atoms with Crippen molar-refractivity contribution in [3.63, 3.8) is 0 Å². The zero-order chi connectivity index (χ0) is 13.8. The Balaban J connectivity index is 2.20. The number of phenols is 1. The quantitative estimate of drug-likeness (QED) is 0.553. The number of nitrogen functional groups attached to an aromatic ring is 1. The summed E-state index contributed by atoms with van der Waals surface area (Å²) >= 11 is 0. The number of hydrogen-bond acceptors (Lipinski definition) is 4. The molecule has 0 aromatic heterocycles. The van der Waals surface area contributed by atoms with Gasteiger partial charge in [-0.15, -0.1) is 0 Å². The van der Waals surface area contributed by atoms with Crippen LogP contribution in [0, 0.1) is 0 Å². The van der Waals surface area contributed by atoms with Crippen molar-refractivity contribution in [2.45, 2.75) is 31.7 Å². The molecular weight excluding hydrogens is 244 g/mol. The molecular formula is C14H20N2O3. The largest absolute Gasteiger partial charge is 0.505 e. The van der Waals surface area contributed by atoms with E-state index in [1.807, 2.05) is 0 Å². The number of aliphatic hydroxyl groups is 1. The first-order valence-electron chi connectivity index (χ1n) is 6.64. The lowest BCUT2D eigenvalue weighted by atomic mass is 9.90. The number of carbonyl (C=O) groups excluding carboxylic acids is 1. The molecule has 1 amide bonds. The molecule has 0 atom stereocenters. The molecule has 1 saturated carbocycles. The molecule has 0 spiro atoms. The normalized spacial score (nSPS) is 15.0. The van der Waals surface area contributed by atoms with Crippen molar-refractivity contribution in [2.75, 3.05) is 18.9 Å². The molecule has 5 nitrogen and oxygen atoms in total. The molecule has 19 heavy (non-hydrogen) atoms. The molecule has 0 aliphatic heterocycles. The number of benzene rings is 1. The summed E-state index contributed by atoms with van der Waals surface area (Å²) in [4.78, 5) is 14.2. The number of carbonyl (C=O) groups is 1. The second-order valence-electron chi connectivity index (χ2n) is 4.90. The van der Waals surface area contributed by atoms with Crippen LogP contribution in [0.15, 0.2) is 18.2 Å². The fourth-order valence-corrected chi connectivity index (χ4v) is 2.28. The molecule has 0 bridgehead atoms. The fraction of sp³-hybridized carbons (Fsp3) is 0.500. The Kier molecular flexibility index (Phi) is 4.27. The molecule has 1 aromatic carbocycles. The summed E-state index contributed by atoms with van der Waals surface area (Å²) in [7, 11) is 0. The molecule has 1 aromatic rings. The lowest BCUT2D eigenvalue weighted by molar-refractivity contribution is 0.0559. The first-order valence-corrected chi connectivity index (χ1v) is 6.64. The molecule has 0 unspecified atom stereocenters. The van der Waals surface area contributed by atoms with E-state index in [4.69, 9.17) is 10.8 Å². The first kappa shape index (κ1) is 13.7. The Bertz CT molecular complexity index is 458. The number of amides is 1. The van der Waals surface area contributed by atoms with Crippen molar-refractivity contribution in [1.29, 1.82) is 0 Å². The van der Waals surface area contributed by atoms with Crippen LogP contribution >= 0.6 is 0 Å². The van der Waals surface area contributed by atoms with Crippen molar-refractivity contribution >= 4 is 11.6 Å². The van der Waals surface area contributed by atoms with Gasteiger partial charge >= 0.3 is 0 Å².